The number of carbonyl (C=O) groups is 1. The molecule has 0 fully saturated rings. The van der Waals surface area contributed by atoms with E-state index in [9.17, 15) is 4.79 Å². The zero-order valence-corrected chi connectivity index (χ0v) is 14.3. The Bertz CT molecular complexity index is 799. The van der Waals surface area contributed by atoms with Crippen molar-refractivity contribution < 1.29 is 9.21 Å². The maximum absolute atomic E-state index is 12.3. The number of thioether (sulfide) groups is 1. The molecule has 0 aliphatic carbocycles. The standard InChI is InChI=1S/C17H18N4O2S/c1-12(16(22)18-11-15-9-6-10-23-15)24-17-20-19-13(2)21(17)14-7-4-3-5-8-14/h3-10,12H,11H2,1-2H3,(H,18,22)/t12-/m1/s1. The third-order valence-corrected chi connectivity index (χ3v) is 4.52. The average Bonchev–Trinajstić information content (AvgIpc) is 3.23. The van der Waals surface area contributed by atoms with Gasteiger partial charge in [-0.25, -0.2) is 0 Å². The van der Waals surface area contributed by atoms with Gasteiger partial charge in [-0.15, -0.1) is 10.2 Å². The summed E-state index contributed by atoms with van der Waals surface area (Å²) in [4.78, 5) is 12.3. The number of aromatic nitrogens is 3. The van der Waals surface area contributed by atoms with Crippen LogP contribution in [0.2, 0.25) is 0 Å². The monoisotopic (exact) mass is 342 g/mol. The Morgan fingerprint density at radius 2 is 2.04 bits per heavy atom. The molecule has 7 heteroatoms. The van der Waals surface area contributed by atoms with Crippen LogP contribution in [0, 0.1) is 6.92 Å². The number of aryl methyl sites for hydroxylation is 1. The van der Waals surface area contributed by atoms with Gasteiger partial charge in [0.15, 0.2) is 5.16 Å². The normalized spacial score (nSPS) is 12.1. The molecule has 0 spiro atoms. The second kappa shape index (κ2) is 7.35. The van der Waals surface area contributed by atoms with Crippen LogP contribution in [0.3, 0.4) is 0 Å². The molecule has 124 valence electrons. The molecular weight excluding hydrogens is 324 g/mol. The molecule has 0 saturated heterocycles. The lowest BCUT2D eigenvalue weighted by atomic mass is 10.3. The molecule has 3 aromatic rings. The predicted octanol–water partition coefficient (Wildman–Crippen LogP) is 2.97. The van der Waals surface area contributed by atoms with Crippen LogP contribution in [0.15, 0.2) is 58.3 Å². The third-order valence-electron chi connectivity index (χ3n) is 3.48. The molecule has 24 heavy (non-hydrogen) atoms. The number of nitrogens with zero attached hydrogens (tertiary/aromatic N) is 3. The average molecular weight is 342 g/mol. The first-order chi connectivity index (χ1) is 11.6. The van der Waals surface area contributed by atoms with Crippen molar-refractivity contribution in [2.24, 2.45) is 0 Å². The molecule has 0 saturated carbocycles. The lowest BCUT2D eigenvalue weighted by Gasteiger charge is -2.12. The minimum absolute atomic E-state index is 0.0725. The Kier molecular flexibility index (Phi) is 5.00. The van der Waals surface area contributed by atoms with Gasteiger partial charge in [0.05, 0.1) is 18.1 Å². The highest BCUT2D eigenvalue weighted by Gasteiger charge is 2.19. The largest absolute Gasteiger partial charge is 0.467 e. The van der Waals surface area contributed by atoms with Crippen LogP contribution in [0.4, 0.5) is 0 Å². The molecule has 2 aromatic heterocycles. The number of nitrogens with one attached hydrogen (secondary N) is 1. The summed E-state index contributed by atoms with van der Waals surface area (Å²) >= 11 is 1.38. The molecule has 0 bridgehead atoms. The number of hydrogen-bond acceptors (Lipinski definition) is 5. The second-order valence-electron chi connectivity index (χ2n) is 5.26. The molecule has 1 amide bonds. The molecule has 1 N–H and O–H groups in total. The van der Waals surface area contributed by atoms with E-state index in [1.807, 2.05) is 54.8 Å². The van der Waals surface area contributed by atoms with Gasteiger partial charge in [-0.1, -0.05) is 30.0 Å². The molecule has 0 unspecified atom stereocenters. The van der Waals surface area contributed by atoms with Gasteiger partial charge in [-0.2, -0.15) is 0 Å². The van der Waals surface area contributed by atoms with Gasteiger partial charge in [-0.3, -0.25) is 9.36 Å². The zero-order chi connectivity index (χ0) is 16.9. The molecule has 1 atom stereocenters. The van der Waals surface area contributed by atoms with Crippen LogP contribution in [0.5, 0.6) is 0 Å². The Hall–Kier alpha value is -2.54. The van der Waals surface area contributed by atoms with Gasteiger partial charge >= 0.3 is 0 Å². The first kappa shape index (κ1) is 16.3. The van der Waals surface area contributed by atoms with Crippen LogP contribution < -0.4 is 5.32 Å². The molecule has 1 aromatic carbocycles. The van der Waals surface area contributed by atoms with Crippen LogP contribution >= 0.6 is 11.8 Å². The number of rotatable bonds is 6. The van der Waals surface area contributed by atoms with Gasteiger partial charge in [-0.05, 0) is 38.1 Å². The lowest BCUT2D eigenvalue weighted by Crippen LogP contribution is -2.30. The van der Waals surface area contributed by atoms with Gasteiger partial charge in [0.1, 0.15) is 11.6 Å². The lowest BCUT2D eigenvalue weighted by molar-refractivity contribution is -0.120. The molecule has 0 aliphatic rings. The summed E-state index contributed by atoms with van der Waals surface area (Å²) in [5.41, 5.74) is 0.977. The summed E-state index contributed by atoms with van der Waals surface area (Å²) in [5.74, 6) is 1.44. The van der Waals surface area contributed by atoms with E-state index in [4.69, 9.17) is 4.42 Å². The van der Waals surface area contributed by atoms with Gasteiger partial charge in [0.2, 0.25) is 5.91 Å². The molecule has 2 heterocycles. The van der Waals surface area contributed by atoms with Crippen molar-refractivity contribution in [2.45, 2.75) is 30.8 Å². The number of furan rings is 1. The SMILES string of the molecule is Cc1nnc(S[C@H](C)C(=O)NCc2ccco2)n1-c1ccccc1. The second-order valence-corrected chi connectivity index (χ2v) is 6.57. The van der Waals surface area contributed by atoms with E-state index >= 15 is 0 Å². The Morgan fingerprint density at radius 1 is 1.25 bits per heavy atom. The van der Waals surface area contributed by atoms with Gasteiger partial charge < -0.3 is 9.73 Å². The fourth-order valence-electron chi connectivity index (χ4n) is 2.24. The molecule has 0 aliphatic heterocycles. The van der Waals surface area contributed by atoms with Crippen molar-refractivity contribution in [1.82, 2.24) is 20.1 Å². The van der Waals surface area contributed by atoms with Crippen molar-refractivity contribution in [3.63, 3.8) is 0 Å². The van der Waals surface area contributed by atoms with Crippen molar-refractivity contribution in [3.05, 3.63) is 60.3 Å². The Balaban J connectivity index is 1.68. The highest BCUT2D eigenvalue weighted by molar-refractivity contribution is 8.00. The van der Waals surface area contributed by atoms with E-state index < -0.39 is 0 Å². The van der Waals surface area contributed by atoms with Gasteiger partial charge in [0, 0.05) is 5.69 Å². The quantitative estimate of drug-likeness (QED) is 0.697. The number of amides is 1. The number of hydrogen-bond donors (Lipinski definition) is 1. The van der Waals surface area contributed by atoms with Crippen LogP contribution in [0.25, 0.3) is 5.69 Å². The minimum atomic E-state index is -0.300. The number of carbonyl (C=O) groups excluding carboxylic acids is 1. The van der Waals surface area contributed by atoms with E-state index in [0.29, 0.717) is 11.7 Å². The van der Waals surface area contributed by atoms with Crippen LogP contribution in [0.1, 0.15) is 18.5 Å². The van der Waals surface area contributed by atoms with E-state index in [-0.39, 0.29) is 11.2 Å². The van der Waals surface area contributed by atoms with Crippen molar-refractivity contribution >= 4 is 17.7 Å². The first-order valence-electron chi connectivity index (χ1n) is 7.59. The van der Waals surface area contributed by atoms with E-state index in [1.165, 1.54) is 11.8 Å². The summed E-state index contributed by atoms with van der Waals surface area (Å²) in [6.07, 6.45) is 1.59. The summed E-state index contributed by atoms with van der Waals surface area (Å²) in [6, 6.07) is 13.5. The minimum Gasteiger partial charge on any atom is -0.467 e. The summed E-state index contributed by atoms with van der Waals surface area (Å²) in [6.45, 7) is 4.12. The number of para-hydroxylation sites is 1. The van der Waals surface area contributed by atoms with Crippen molar-refractivity contribution in [1.29, 1.82) is 0 Å². The zero-order valence-electron chi connectivity index (χ0n) is 13.5. The molecule has 3 rings (SSSR count). The molecule has 0 radical (unpaired) electrons. The fourth-order valence-corrected chi connectivity index (χ4v) is 3.17. The smallest absolute Gasteiger partial charge is 0.233 e. The topological polar surface area (TPSA) is 73.0 Å². The van der Waals surface area contributed by atoms with Crippen molar-refractivity contribution in [3.8, 4) is 5.69 Å². The summed E-state index contributed by atoms with van der Waals surface area (Å²) in [7, 11) is 0. The van der Waals surface area contributed by atoms with Crippen LogP contribution in [-0.2, 0) is 11.3 Å². The maximum Gasteiger partial charge on any atom is 0.233 e. The van der Waals surface area contributed by atoms with Crippen molar-refractivity contribution in [2.75, 3.05) is 0 Å². The summed E-state index contributed by atoms with van der Waals surface area (Å²) < 4.78 is 7.16. The molecule has 6 nitrogen and oxygen atoms in total. The number of benzene rings is 1. The van der Waals surface area contributed by atoms with Crippen LogP contribution in [-0.4, -0.2) is 25.9 Å². The third kappa shape index (κ3) is 3.68. The summed E-state index contributed by atoms with van der Waals surface area (Å²) in [5, 5.41) is 11.6. The highest BCUT2D eigenvalue weighted by Crippen LogP contribution is 2.25. The molecular formula is C17H18N4O2S. The maximum atomic E-state index is 12.3. The van der Waals surface area contributed by atoms with Gasteiger partial charge in [0.25, 0.3) is 0 Å². The first-order valence-corrected chi connectivity index (χ1v) is 8.47. The van der Waals surface area contributed by atoms with E-state index in [0.717, 1.165) is 17.3 Å². The van der Waals surface area contributed by atoms with E-state index in [2.05, 4.69) is 15.5 Å². The fraction of sp³-hybridized carbons (Fsp3) is 0.235. The highest BCUT2D eigenvalue weighted by atomic mass is 32.2. The Morgan fingerprint density at radius 3 is 2.75 bits per heavy atom. The predicted molar refractivity (Wildman–Crippen MR) is 92.0 cm³/mol. The van der Waals surface area contributed by atoms with E-state index in [1.54, 1.807) is 12.3 Å². The Labute approximate surface area is 144 Å².